The van der Waals surface area contributed by atoms with Crippen molar-refractivity contribution in [2.24, 2.45) is 0 Å². The Morgan fingerprint density at radius 1 is 1.50 bits per heavy atom. The van der Waals surface area contributed by atoms with E-state index in [1.54, 1.807) is 0 Å². The highest BCUT2D eigenvalue weighted by molar-refractivity contribution is 6.02. The number of amides is 2. The molecule has 0 aromatic carbocycles. The van der Waals surface area contributed by atoms with Crippen LogP contribution in [-0.2, 0) is 11.3 Å². The third-order valence-electron chi connectivity index (χ3n) is 1.98. The van der Waals surface area contributed by atoms with Gasteiger partial charge in [-0.1, -0.05) is 5.21 Å². The molecule has 8 heteroatoms. The number of carbonyl (C=O) groups excluding carboxylic acids is 3. The Kier molecular flexibility index (Phi) is 3.28. The first-order valence-electron chi connectivity index (χ1n) is 4.92. The number of imide groups is 1. The van der Waals surface area contributed by atoms with Gasteiger partial charge in [-0.05, 0) is 12.1 Å². The number of nitrogens with one attached hydrogen (secondary N) is 1. The normalized spacial score (nSPS) is 10.0. The monoisotopic (exact) mass is 248 g/mol. The molecule has 0 spiro atoms. The molecule has 0 aliphatic heterocycles. The number of aromatic nitrogens is 3. The van der Waals surface area contributed by atoms with Crippen LogP contribution in [0.4, 0.5) is 0 Å². The Hall–Kier alpha value is -2.77. The minimum absolute atomic E-state index is 0.0375. The zero-order chi connectivity index (χ0) is 13.0. The lowest BCUT2D eigenvalue weighted by molar-refractivity contribution is -0.120. The molecule has 0 bridgehead atoms. The van der Waals surface area contributed by atoms with E-state index in [1.807, 2.05) is 0 Å². The van der Waals surface area contributed by atoms with E-state index in [1.165, 1.54) is 24.6 Å². The average Bonchev–Trinajstić information content (AvgIpc) is 2.98. The van der Waals surface area contributed by atoms with Crippen molar-refractivity contribution in [2.45, 2.75) is 6.54 Å². The van der Waals surface area contributed by atoms with Crippen LogP contribution >= 0.6 is 0 Å². The molecule has 0 radical (unpaired) electrons. The summed E-state index contributed by atoms with van der Waals surface area (Å²) in [6.45, 7) is -0.215. The van der Waals surface area contributed by atoms with Gasteiger partial charge in [-0.3, -0.25) is 19.7 Å². The second-order valence-corrected chi connectivity index (χ2v) is 3.31. The van der Waals surface area contributed by atoms with Gasteiger partial charge in [0, 0.05) is 0 Å². The fourth-order valence-electron chi connectivity index (χ4n) is 1.23. The number of carbonyl (C=O) groups is 3. The maximum atomic E-state index is 11.5. The lowest BCUT2D eigenvalue weighted by atomic mass is 10.4. The van der Waals surface area contributed by atoms with Crippen LogP contribution in [0.5, 0.6) is 0 Å². The Balaban J connectivity index is 1.92. The molecule has 0 saturated heterocycles. The van der Waals surface area contributed by atoms with E-state index in [0.717, 1.165) is 4.68 Å². The summed E-state index contributed by atoms with van der Waals surface area (Å²) in [4.78, 5) is 33.3. The fourth-order valence-corrected chi connectivity index (χ4v) is 1.23. The average molecular weight is 248 g/mol. The van der Waals surface area contributed by atoms with Gasteiger partial charge >= 0.3 is 0 Å². The molecule has 0 fully saturated rings. The van der Waals surface area contributed by atoms with Gasteiger partial charge in [0.05, 0.1) is 12.5 Å². The molecule has 0 aliphatic rings. The molecule has 18 heavy (non-hydrogen) atoms. The Labute approximate surface area is 101 Å². The van der Waals surface area contributed by atoms with E-state index < -0.39 is 11.8 Å². The fraction of sp³-hybridized carbons (Fsp3) is 0.100. The van der Waals surface area contributed by atoms with Crippen LogP contribution < -0.4 is 5.32 Å². The van der Waals surface area contributed by atoms with Crippen molar-refractivity contribution in [1.82, 2.24) is 20.3 Å². The third-order valence-corrected chi connectivity index (χ3v) is 1.98. The van der Waals surface area contributed by atoms with Crippen LogP contribution in [0.25, 0.3) is 0 Å². The first-order valence-corrected chi connectivity index (χ1v) is 4.92. The van der Waals surface area contributed by atoms with Gasteiger partial charge in [0.1, 0.15) is 12.2 Å². The van der Waals surface area contributed by atoms with Crippen molar-refractivity contribution in [3.05, 3.63) is 36.0 Å². The summed E-state index contributed by atoms with van der Waals surface area (Å²) in [7, 11) is 0. The van der Waals surface area contributed by atoms with Crippen molar-refractivity contribution >= 4 is 18.1 Å². The molecule has 0 saturated carbocycles. The summed E-state index contributed by atoms with van der Waals surface area (Å²) in [5, 5.41) is 9.12. The quantitative estimate of drug-likeness (QED) is 0.740. The second kappa shape index (κ2) is 5.04. The zero-order valence-corrected chi connectivity index (χ0v) is 9.07. The minimum atomic E-state index is -0.638. The second-order valence-electron chi connectivity index (χ2n) is 3.31. The smallest absolute Gasteiger partial charge is 0.293 e. The third kappa shape index (κ3) is 2.67. The zero-order valence-electron chi connectivity index (χ0n) is 9.07. The van der Waals surface area contributed by atoms with Crippen LogP contribution in [0.2, 0.25) is 0 Å². The summed E-state index contributed by atoms with van der Waals surface area (Å²) >= 11 is 0. The maximum absolute atomic E-state index is 11.5. The van der Waals surface area contributed by atoms with E-state index in [0.29, 0.717) is 6.29 Å². The largest absolute Gasteiger partial charge is 0.459 e. The van der Waals surface area contributed by atoms with Crippen LogP contribution in [0.3, 0.4) is 0 Å². The van der Waals surface area contributed by atoms with E-state index in [9.17, 15) is 14.4 Å². The molecule has 1 N–H and O–H groups in total. The molecule has 2 aromatic rings. The number of hydrogen-bond acceptors (Lipinski definition) is 6. The van der Waals surface area contributed by atoms with Gasteiger partial charge in [0.15, 0.2) is 12.0 Å². The number of aldehydes is 1. The van der Waals surface area contributed by atoms with Crippen molar-refractivity contribution in [3.63, 3.8) is 0 Å². The number of hydrogen-bond donors (Lipinski definition) is 1. The molecule has 0 atom stereocenters. The highest BCUT2D eigenvalue weighted by Gasteiger charge is 2.13. The van der Waals surface area contributed by atoms with Gasteiger partial charge in [-0.2, -0.15) is 0 Å². The Morgan fingerprint density at radius 3 is 2.94 bits per heavy atom. The lowest BCUT2D eigenvalue weighted by Gasteiger charge is -2.01. The molecule has 8 nitrogen and oxygen atoms in total. The summed E-state index contributed by atoms with van der Waals surface area (Å²) in [6.07, 6.45) is 3.13. The summed E-state index contributed by atoms with van der Waals surface area (Å²) in [5.74, 6) is -1.19. The van der Waals surface area contributed by atoms with E-state index in [2.05, 4.69) is 15.6 Å². The van der Waals surface area contributed by atoms with Gasteiger partial charge in [-0.15, -0.1) is 5.10 Å². The van der Waals surface area contributed by atoms with Gasteiger partial charge < -0.3 is 4.42 Å². The van der Waals surface area contributed by atoms with Crippen molar-refractivity contribution < 1.29 is 18.8 Å². The molecule has 92 valence electrons. The van der Waals surface area contributed by atoms with E-state index in [-0.39, 0.29) is 18.0 Å². The highest BCUT2D eigenvalue weighted by atomic mass is 16.3. The first kappa shape index (κ1) is 11.7. The van der Waals surface area contributed by atoms with Crippen LogP contribution in [-0.4, -0.2) is 33.1 Å². The molecule has 0 unspecified atom stereocenters. The molecule has 0 aliphatic carbocycles. The number of rotatable bonds is 4. The summed E-state index contributed by atoms with van der Waals surface area (Å²) in [5.41, 5.74) is 0.111. The molecule has 2 rings (SSSR count). The van der Waals surface area contributed by atoms with Gasteiger partial charge in [0.2, 0.25) is 5.91 Å². The number of furan rings is 1. The topological polar surface area (TPSA) is 107 Å². The number of nitrogens with zero attached hydrogens (tertiary/aromatic N) is 3. The maximum Gasteiger partial charge on any atom is 0.293 e. The molecule has 2 amide bonds. The minimum Gasteiger partial charge on any atom is -0.459 e. The SMILES string of the molecule is O=Cc1cn(CC(=O)NC(=O)c2ccco2)nn1. The van der Waals surface area contributed by atoms with Crippen LogP contribution in [0.15, 0.2) is 29.0 Å². The van der Waals surface area contributed by atoms with Crippen molar-refractivity contribution in [3.8, 4) is 0 Å². The van der Waals surface area contributed by atoms with Crippen molar-refractivity contribution in [1.29, 1.82) is 0 Å². The predicted molar refractivity (Wildman–Crippen MR) is 56.6 cm³/mol. The van der Waals surface area contributed by atoms with Crippen LogP contribution in [0.1, 0.15) is 21.0 Å². The Bertz CT molecular complexity index is 572. The van der Waals surface area contributed by atoms with E-state index in [4.69, 9.17) is 4.42 Å². The molecule has 2 heterocycles. The van der Waals surface area contributed by atoms with Crippen molar-refractivity contribution in [2.75, 3.05) is 0 Å². The first-order chi connectivity index (χ1) is 8.69. The summed E-state index contributed by atoms with van der Waals surface area (Å²) < 4.78 is 5.97. The highest BCUT2D eigenvalue weighted by Crippen LogP contribution is 1.99. The van der Waals surface area contributed by atoms with Crippen LogP contribution in [0, 0.1) is 0 Å². The Morgan fingerprint density at radius 2 is 2.33 bits per heavy atom. The lowest BCUT2D eigenvalue weighted by Crippen LogP contribution is -2.33. The molecular formula is C10H8N4O4. The van der Waals surface area contributed by atoms with Gasteiger partial charge in [0.25, 0.3) is 5.91 Å². The summed E-state index contributed by atoms with van der Waals surface area (Å²) in [6, 6.07) is 2.97. The predicted octanol–water partition coefficient (Wildman–Crippen LogP) is -0.360. The van der Waals surface area contributed by atoms with Gasteiger partial charge in [-0.25, -0.2) is 4.68 Å². The molecule has 2 aromatic heterocycles. The standard InChI is InChI=1S/C10H8N4O4/c15-6-7-4-14(13-12-7)5-9(16)11-10(17)8-2-1-3-18-8/h1-4,6H,5H2,(H,11,16,17). The van der Waals surface area contributed by atoms with E-state index >= 15 is 0 Å². The molecular weight excluding hydrogens is 240 g/mol.